The lowest BCUT2D eigenvalue weighted by atomic mass is 10.0. The fourth-order valence-electron chi connectivity index (χ4n) is 4.54. The molecule has 0 spiro atoms. The summed E-state index contributed by atoms with van der Waals surface area (Å²) in [5.74, 6) is 2.20. The Labute approximate surface area is 204 Å². The number of rotatable bonds is 6. The smallest absolute Gasteiger partial charge is 0.258 e. The zero-order valence-corrected chi connectivity index (χ0v) is 20.0. The molecule has 0 saturated carbocycles. The first kappa shape index (κ1) is 22.7. The number of anilines is 1. The summed E-state index contributed by atoms with van der Waals surface area (Å²) < 4.78 is 11.3. The molecule has 1 aromatic heterocycles. The van der Waals surface area contributed by atoms with Gasteiger partial charge >= 0.3 is 0 Å². The van der Waals surface area contributed by atoms with Crippen molar-refractivity contribution in [3.05, 3.63) is 78.4 Å². The second-order valence-electron chi connectivity index (χ2n) is 8.35. The van der Waals surface area contributed by atoms with Gasteiger partial charge in [0.15, 0.2) is 5.82 Å². The van der Waals surface area contributed by atoms with Gasteiger partial charge in [0.05, 0.1) is 25.0 Å². The summed E-state index contributed by atoms with van der Waals surface area (Å²) in [7, 11) is 1.65. The van der Waals surface area contributed by atoms with Crippen LogP contribution in [0.4, 0.5) is 5.82 Å². The first-order valence-electron chi connectivity index (χ1n) is 11.9. The Morgan fingerprint density at radius 3 is 2.37 bits per heavy atom. The number of fused-ring (bicyclic) bond motifs is 1. The van der Waals surface area contributed by atoms with Gasteiger partial charge in [0.1, 0.15) is 11.5 Å². The number of nitrogens with zero attached hydrogens (tertiary/aromatic N) is 4. The zero-order valence-electron chi connectivity index (χ0n) is 20.0. The Morgan fingerprint density at radius 1 is 0.857 bits per heavy atom. The second kappa shape index (κ2) is 10.0. The molecule has 35 heavy (non-hydrogen) atoms. The van der Waals surface area contributed by atoms with Crippen molar-refractivity contribution in [2.75, 3.05) is 44.8 Å². The van der Waals surface area contributed by atoms with Gasteiger partial charge in [0.2, 0.25) is 0 Å². The summed E-state index contributed by atoms with van der Waals surface area (Å²) in [6, 6.07) is 23.5. The van der Waals surface area contributed by atoms with Crippen molar-refractivity contribution in [3.63, 3.8) is 0 Å². The molecule has 1 aliphatic heterocycles. The predicted molar refractivity (Wildman–Crippen MR) is 137 cm³/mol. The number of carbonyl (C=O) groups is 1. The number of hydrogen-bond donors (Lipinski definition) is 0. The van der Waals surface area contributed by atoms with Crippen LogP contribution in [0.2, 0.25) is 0 Å². The van der Waals surface area contributed by atoms with Gasteiger partial charge in [0.25, 0.3) is 5.91 Å². The van der Waals surface area contributed by atoms with Crippen LogP contribution in [0.1, 0.15) is 17.3 Å². The van der Waals surface area contributed by atoms with Crippen molar-refractivity contribution in [2.24, 2.45) is 0 Å². The van der Waals surface area contributed by atoms with E-state index in [1.807, 2.05) is 84.6 Å². The van der Waals surface area contributed by atoms with E-state index in [1.54, 1.807) is 7.11 Å². The largest absolute Gasteiger partial charge is 0.496 e. The molecule has 7 nitrogen and oxygen atoms in total. The lowest BCUT2D eigenvalue weighted by molar-refractivity contribution is 0.0744. The van der Waals surface area contributed by atoms with Crippen molar-refractivity contribution in [3.8, 4) is 22.8 Å². The second-order valence-corrected chi connectivity index (χ2v) is 8.35. The van der Waals surface area contributed by atoms with E-state index < -0.39 is 0 Å². The molecule has 0 aliphatic carbocycles. The molecule has 1 saturated heterocycles. The lowest BCUT2D eigenvalue weighted by Gasteiger charge is -2.35. The number of ether oxygens (including phenoxy) is 2. The summed E-state index contributed by atoms with van der Waals surface area (Å²) in [5, 5.41) is 10.8. The van der Waals surface area contributed by atoms with Crippen molar-refractivity contribution in [1.29, 1.82) is 0 Å². The molecule has 0 radical (unpaired) electrons. The fraction of sp³-hybridized carbons (Fsp3) is 0.250. The highest BCUT2D eigenvalue weighted by Gasteiger charge is 2.26. The lowest BCUT2D eigenvalue weighted by Crippen LogP contribution is -2.49. The first-order valence-corrected chi connectivity index (χ1v) is 11.9. The number of hydrogen-bond acceptors (Lipinski definition) is 6. The first-order chi connectivity index (χ1) is 17.2. The van der Waals surface area contributed by atoms with Gasteiger partial charge < -0.3 is 19.3 Å². The van der Waals surface area contributed by atoms with Crippen molar-refractivity contribution in [2.45, 2.75) is 6.92 Å². The third-order valence-corrected chi connectivity index (χ3v) is 6.33. The third kappa shape index (κ3) is 4.49. The zero-order chi connectivity index (χ0) is 24.2. The van der Waals surface area contributed by atoms with Crippen LogP contribution in [0.3, 0.4) is 0 Å². The van der Waals surface area contributed by atoms with E-state index in [4.69, 9.17) is 9.47 Å². The minimum absolute atomic E-state index is 0.00232. The molecule has 1 fully saturated rings. The molecule has 0 unspecified atom stereocenters. The summed E-state index contributed by atoms with van der Waals surface area (Å²) in [5.41, 5.74) is 2.31. The van der Waals surface area contributed by atoms with Gasteiger partial charge in [-0.1, -0.05) is 42.5 Å². The Kier molecular flexibility index (Phi) is 6.48. The molecule has 2 heterocycles. The molecule has 178 valence electrons. The Hall–Kier alpha value is -4.13. The quantitative estimate of drug-likeness (QED) is 0.410. The van der Waals surface area contributed by atoms with Crippen LogP contribution in [0, 0.1) is 0 Å². The molecule has 0 bridgehead atoms. The van der Waals surface area contributed by atoms with Crippen LogP contribution in [-0.2, 0) is 0 Å². The summed E-state index contributed by atoms with van der Waals surface area (Å²) in [4.78, 5) is 17.7. The molecule has 5 rings (SSSR count). The number of carbonyl (C=O) groups excluding carboxylic acids is 1. The van der Waals surface area contributed by atoms with E-state index in [-0.39, 0.29) is 5.91 Å². The Morgan fingerprint density at radius 2 is 1.63 bits per heavy atom. The highest BCUT2D eigenvalue weighted by Crippen LogP contribution is 2.31. The van der Waals surface area contributed by atoms with Crippen molar-refractivity contribution in [1.82, 2.24) is 15.1 Å². The summed E-state index contributed by atoms with van der Waals surface area (Å²) >= 11 is 0. The van der Waals surface area contributed by atoms with E-state index in [0.29, 0.717) is 44.1 Å². The predicted octanol–water partition coefficient (Wildman–Crippen LogP) is 4.67. The number of methoxy groups -OCH3 is 1. The van der Waals surface area contributed by atoms with E-state index in [1.165, 1.54) is 0 Å². The molecule has 1 amide bonds. The minimum atomic E-state index is 0.00232. The molecule has 0 atom stereocenters. The maximum absolute atomic E-state index is 13.6. The highest BCUT2D eigenvalue weighted by molar-refractivity contribution is 6.09. The normalized spacial score (nSPS) is 13.7. The van der Waals surface area contributed by atoms with Crippen molar-refractivity contribution < 1.29 is 14.3 Å². The van der Waals surface area contributed by atoms with Gasteiger partial charge in [-0.05, 0) is 48.0 Å². The van der Waals surface area contributed by atoms with Gasteiger partial charge in [-0.15, -0.1) is 10.2 Å². The maximum atomic E-state index is 13.6. The van der Waals surface area contributed by atoms with E-state index in [0.717, 1.165) is 33.6 Å². The van der Waals surface area contributed by atoms with Crippen LogP contribution in [-0.4, -0.2) is 60.9 Å². The average molecular weight is 469 g/mol. The topological polar surface area (TPSA) is 67.8 Å². The number of amides is 1. The number of aromatic nitrogens is 2. The Bertz CT molecular complexity index is 1330. The molecule has 4 aromatic rings. The van der Waals surface area contributed by atoms with Gasteiger partial charge in [-0.25, -0.2) is 0 Å². The molecular formula is C28H28N4O3. The van der Waals surface area contributed by atoms with E-state index in [2.05, 4.69) is 15.1 Å². The average Bonchev–Trinajstić information content (AvgIpc) is 2.93. The summed E-state index contributed by atoms with van der Waals surface area (Å²) in [6.07, 6.45) is 0. The number of piperazine rings is 1. The number of benzene rings is 3. The van der Waals surface area contributed by atoms with Crippen LogP contribution in [0.25, 0.3) is 22.0 Å². The monoisotopic (exact) mass is 468 g/mol. The van der Waals surface area contributed by atoms with Crippen LogP contribution >= 0.6 is 0 Å². The molecular weight excluding hydrogens is 440 g/mol. The number of para-hydroxylation sites is 1. The van der Waals surface area contributed by atoms with Crippen molar-refractivity contribution >= 4 is 22.5 Å². The Balaban J connectivity index is 1.31. The van der Waals surface area contributed by atoms with Gasteiger partial charge in [-0.3, -0.25) is 4.79 Å². The van der Waals surface area contributed by atoms with Gasteiger partial charge in [-0.2, -0.15) is 0 Å². The summed E-state index contributed by atoms with van der Waals surface area (Å²) in [6.45, 7) is 5.01. The molecule has 7 heteroatoms. The third-order valence-electron chi connectivity index (χ3n) is 6.33. The fourth-order valence-corrected chi connectivity index (χ4v) is 4.54. The standard InChI is InChI=1S/C28H28N4O3/c1-3-35-25-14-12-20-8-4-5-9-21(20)27(25)28(33)32-18-16-31(17-19-32)26-15-13-23(29-30-26)22-10-6-7-11-24(22)34-2/h4-15H,3,16-19H2,1-2H3. The van der Waals surface area contributed by atoms with Crippen LogP contribution < -0.4 is 14.4 Å². The maximum Gasteiger partial charge on any atom is 0.258 e. The molecule has 1 aliphatic rings. The SMILES string of the molecule is CCOc1ccc2ccccc2c1C(=O)N1CCN(c2ccc(-c3ccccc3OC)nn2)CC1. The molecule has 3 aromatic carbocycles. The minimum Gasteiger partial charge on any atom is -0.496 e. The van der Waals surface area contributed by atoms with E-state index >= 15 is 0 Å². The van der Waals surface area contributed by atoms with Gasteiger partial charge in [0, 0.05) is 31.7 Å². The van der Waals surface area contributed by atoms with Crippen LogP contribution in [0.5, 0.6) is 11.5 Å². The van der Waals surface area contributed by atoms with Crippen LogP contribution in [0.15, 0.2) is 72.8 Å². The van der Waals surface area contributed by atoms with E-state index in [9.17, 15) is 4.79 Å². The molecule has 0 N–H and O–H groups in total. The highest BCUT2D eigenvalue weighted by atomic mass is 16.5.